The molecule has 15 heavy (non-hydrogen) atoms. The minimum Gasteiger partial charge on any atom is -0.495 e. The smallest absolute Gasteiger partial charge is 0.142 e. The molecule has 0 saturated heterocycles. The first-order valence-electron chi connectivity index (χ1n) is 5.05. The summed E-state index contributed by atoms with van der Waals surface area (Å²) in [5, 5.41) is 0. The summed E-state index contributed by atoms with van der Waals surface area (Å²) in [4.78, 5) is 3.92. The molecule has 1 aromatic rings. The number of nitrogens with two attached hydrogens (primary N) is 1. The van der Waals surface area contributed by atoms with E-state index in [1.165, 1.54) is 0 Å². The number of rotatable bonds is 2. The van der Waals surface area contributed by atoms with Gasteiger partial charge in [0.05, 0.1) is 12.8 Å². The molecule has 0 radical (unpaired) electrons. The second-order valence-electron chi connectivity index (χ2n) is 2.86. The molecule has 0 unspecified atom stereocenters. The Morgan fingerprint density at radius 2 is 1.93 bits per heavy atom. The molecule has 0 amide bonds. The number of aliphatic imine (C=N–C) groups is 1. The van der Waals surface area contributed by atoms with Gasteiger partial charge in [0.15, 0.2) is 0 Å². The highest BCUT2D eigenvalue weighted by Crippen LogP contribution is 2.25. The van der Waals surface area contributed by atoms with Gasteiger partial charge in [-0.15, -0.1) is 0 Å². The van der Waals surface area contributed by atoms with Crippen LogP contribution >= 0.6 is 0 Å². The zero-order valence-corrected chi connectivity index (χ0v) is 10.2. The fourth-order valence-corrected chi connectivity index (χ4v) is 1.21. The van der Waals surface area contributed by atoms with Gasteiger partial charge in [0.25, 0.3) is 0 Å². The van der Waals surface area contributed by atoms with Crippen molar-refractivity contribution in [1.29, 1.82) is 0 Å². The molecular formula is C12H20N2O. The highest BCUT2D eigenvalue weighted by Gasteiger charge is 2.04. The van der Waals surface area contributed by atoms with Crippen LogP contribution in [0.15, 0.2) is 17.1 Å². The van der Waals surface area contributed by atoms with Gasteiger partial charge >= 0.3 is 0 Å². The van der Waals surface area contributed by atoms with Crippen LogP contribution in [0.5, 0.6) is 5.75 Å². The van der Waals surface area contributed by atoms with Crippen molar-refractivity contribution in [2.24, 2.45) is 4.99 Å². The first-order valence-corrected chi connectivity index (χ1v) is 5.05. The molecule has 3 heteroatoms. The quantitative estimate of drug-likeness (QED) is 0.600. The van der Waals surface area contributed by atoms with Crippen LogP contribution in [-0.4, -0.2) is 20.4 Å². The summed E-state index contributed by atoms with van der Waals surface area (Å²) in [6.45, 7) is 6.00. The predicted octanol–water partition coefficient (Wildman–Crippen LogP) is 2.66. The van der Waals surface area contributed by atoms with E-state index in [1.807, 2.05) is 32.9 Å². The van der Waals surface area contributed by atoms with Gasteiger partial charge in [-0.2, -0.15) is 0 Å². The summed E-state index contributed by atoms with van der Waals surface area (Å²) in [5.74, 6) is 0.704. The Morgan fingerprint density at radius 3 is 2.40 bits per heavy atom. The number of aryl methyl sites for hydroxylation is 1. The van der Waals surface area contributed by atoms with Crippen molar-refractivity contribution in [2.45, 2.75) is 20.8 Å². The SMILES string of the molecule is CC.CN=Cc1cc(C)cc(OC)c1N. The van der Waals surface area contributed by atoms with Gasteiger partial charge in [-0.25, -0.2) is 0 Å². The van der Waals surface area contributed by atoms with E-state index in [0.29, 0.717) is 11.4 Å². The van der Waals surface area contributed by atoms with Gasteiger partial charge < -0.3 is 10.5 Å². The van der Waals surface area contributed by atoms with E-state index in [1.54, 1.807) is 20.4 Å². The molecule has 0 aromatic heterocycles. The number of methoxy groups -OCH3 is 1. The standard InChI is InChI=1S/C10H14N2O.C2H6/c1-7-4-8(6-12-2)10(11)9(5-7)13-3;1-2/h4-6H,11H2,1-3H3;1-2H3. The number of hydrogen-bond acceptors (Lipinski definition) is 3. The minimum absolute atomic E-state index is 0.638. The number of hydrogen-bond donors (Lipinski definition) is 1. The predicted molar refractivity (Wildman–Crippen MR) is 67.0 cm³/mol. The number of benzene rings is 1. The Hall–Kier alpha value is -1.51. The first kappa shape index (κ1) is 13.5. The molecule has 0 spiro atoms. The molecule has 0 atom stereocenters. The average Bonchev–Trinajstić information content (AvgIpc) is 2.26. The maximum absolute atomic E-state index is 5.83. The Morgan fingerprint density at radius 1 is 1.33 bits per heavy atom. The number of ether oxygens (including phenoxy) is 1. The monoisotopic (exact) mass is 208 g/mol. The van der Waals surface area contributed by atoms with Crippen molar-refractivity contribution in [2.75, 3.05) is 19.9 Å². The van der Waals surface area contributed by atoms with Crippen molar-refractivity contribution in [3.05, 3.63) is 23.3 Å². The van der Waals surface area contributed by atoms with Crippen molar-refractivity contribution in [3.63, 3.8) is 0 Å². The topological polar surface area (TPSA) is 47.6 Å². The van der Waals surface area contributed by atoms with Crippen LogP contribution in [-0.2, 0) is 0 Å². The van der Waals surface area contributed by atoms with E-state index in [0.717, 1.165) is 11.1 Å². The van der Waals surface area contributed by atoms with Gasteiger partial charge in [0, 0.05) is 18.8 Å². The molecule has 84 valence electrons. The molecule has 1 rings (SSSR count). The number of nitrogen functional groups attached to an aromatic ring is 1. The van der Waals surface area contributed by atoms with E-state index in [2.05, 4.69) is 4.99 Å². The molecule has 0 fully saturated rings. The van der Waals surface area contributed by atoms with Gasteiger partial charge in [-0.3, -0.25) is 4.99 Å². The Balaban J connectivity index is 0.000000921. The van der Waals surface area contributed by atoms with Crippen molar-refractivity contribution in [1.82, 2.24) is 0 Å². The molecule has 0 aliphatic rings. The molecule has 0 aliphatic carbocycles. The lowest BCUT2D eigenvalue weighted by Crippen LogP contribution is -1.98. The van der Waals surface area contributed by atoms with Gasteiger partial charge in [-0.1, -0.05) is 13.8 Å². The van der Waals surface area contributed by atoms with Crippen LogP contribution in [0.3, 0.4) is 0 Å². The van der Waals surface area contributed by atoms with Gasteiger partial charge in [-0.05, 0) is 24.6 Å². The summed E-state index contributed by atoms with van der Waals surface area (Å²) in [7, 11) is 3.33. The first-order chi connectivity index (χ1) is 7.19. The normalized spacial score (nSPS) is 9.67. The van der Waals surface area contributed by atoms with E-state index < -0.39 is 0 Å². The van der Waals surface area contributed by atoms with E-state index in [4.69, 9.17) is 10.5 Å². The summed E-state index contributed by atoms with van der Waals surface area (Å²) >= 11 is 0. The highest BCUT2D eigenvalue weighted by atomic mass is 16.5. The van der Waals surface area contributed by atoms with E-state index in [-0.39, 0.29) is 0 Å². The minimum atomic E-state index is 0.638. The average molecular weight is 208 g/mol. The molecule has 0 aliphatic heterocycles. The zero-order chi connectivity index (χ0) is 11.8. The van der Waals surface area contributed by atoms with E-state index in [9.17, 15) is 0 Å². The second kappa shape index (κ2) is 6.87. The van der Waals surface area contributed by atoms with Crippen LogP contribution in [0, 0.1) is 6.92 Å². The van der Waals surface area contributed by atoms with Gasteiger partial charge in [0.1, 0.15) is 5.75 Å². The lowest BCUT2D eigenvalue weighted by atomic mass is 10.1. The van der Waals surface area contributed by atoms with Crippen molar-refractivity contribution < 1.29 is 4.74 Å². The lowest BCUT2D eigenvalue weighted by Gasteiger charge is -2.08. The fourth-order valence-electron chi connectivity index (χ4n) is 1.21. The third kappa shape index (κ3) is 3.62. The summed E-state index contributed by atoms with van der Waals surface area (Å²) < 4.78 is 5.13. The zero-order valence-electron chi connectivity index (χ0n) is 10.2. The summed E-state index contributed by atoms with van der Waals surface area (Å²) in [6, 6.07) is 3.88. The lowest BCUT2D eigenvalue weighted by molar-refractivity contribution is 0.416. The second-order valence-corrected chi connectivity index (χ2v) is 2.86. The third-order valence-electron chi connectivity index (χ3n) is 1.81. The molecular weight excluding hydrogens is 188 g/mol. The Bertz CT molecular complexity index is 333. The molecule has 0 saturated carbocycles. The molecule has 0 bridgehead atoms. The van der Waals surface area contributed by atoms with Crippen molar-refractivity contribution in [3.8, 4) is 5.75 Å². The van der Waals surface area contributed by atoms with Crippen LogP contribution in [0.25, 0.3) is 0 Å². The third-order valence-corrected chi connectivity index (χ3v) is 1.81. The van der Waals surface area contributed by atoms with E-state index >= 15 is 0 Å². The van der Waals surface area contributed by atoms with Crippen LogP contribution in [0.2, 0.25) is 0 Å². The maximum atomic E-state index is 5.83. The largest absolute Gasteiger partial charge is 0.495 e. The Labute approximate surface area is 92.0 Å². The number of anilines is 1. The molecule has 0 heterocycles. The molecule has 2 N–H and O–H groups in total. The molecule has 1 aromatic carbocycles. The number of nitrogens with zero attached hydrogens (tertiary/aromatic N) is 1. The summed E-state index contributed by atoms with van der Waals surface area (Å²) in [5.41, 5.74) is 8.48. The fraction of sp³-hybridized carbons (Fsp3) is 0.417. The Kier molecular flexibility index (Phi) is 6.18. The van der Waals surface area contributed by atoms with Crippen molar-refractivity contribution >= 4 is 11.9 Å². The van der Waals surface area contributed by atoms with Gasteiger partial charge in [0.2, 0.25) is 0 Å². The van der Waals surface area contributed by atoms with Crippen LogP contribution in [0.4, 0.5) is 5.69 Å². The molecule has 3 nitrogen and oxygen atoms in total. The highest BCUT2D eigenvalue weighted by molar-refractivity contribution is 5.89. The van der Waals surface area contributed by atoms with Crippen LogP contribution in [0.1, 0.15) is 25.0 Å². The summed E-state index contributed by atoms with van der Waals surface area (Å²) in [6.07, 6.45) is 1.73. The van der Waals surface area contributed by atoms with Crippen LogP contribution < -0.4 is 10.5 Å². The maximum Gasteiger partial charge on any atom is 0.142 e.